The van der Waals surface area contributed by atoms with Gasteiger partial charge in [0.2, 0.25) is 0 Å². The molecule has 0 radical (unpaired) electrons. The summed E-state index contributed by atoms with van der Waals surface area (Å²) < 4.78 is 42.6. The van der Waals surface area contributed by atoms with Crippen LogP contribution in [0.5, 0.6) is 5.75 Å². The van der Waals surface area contributed by atoms with Crippen molar-refractivity contribution in [2.45, 2.75) is 19.1 Å². The molecule has 0 saturated carbocycles. The molecule has 0 saturated heterocycles. The summed E-state index contributed by atoms with van der Waals surface area (Å²) in [5, 5.41) is 3.23. The molecular formula is C16H16F3NO. The summed E-state index contributed by atoms with van der Waals surface area (Å²) >= 11 is 0. The maximum atomic E-state index is 12.5. The number of methoxy groups -OCH3 is 1. The molecule has 0 heterocycles. The number of hydrogen-bond donors (Lipinski definition) is 1. The van der Waals surface area contributed by atoms with Crippen molar-refractivity contribution >= 4 is 5.69 Å². The first-order valence-corrected chi connectivity index (χ1v) is 6.48. The molecule has 21 heavy (non-hydrogen) atoms. The fourth-order valence-corrected chi connectivity index (χ4v) is 1.98. The Labute approximate surface area is 121 Å². The van der Waals surface area contributed by atoms with Crippen molar-refractivity contribution in [2.75, 3.05) is 12.4 Å². The van der Waals surface area contributed by atoms with Crippen LogP contribution in [0.25, 0.3) is 0 Å². The van der Waals surface area contributed by atoms with Crippen LogP contribution in [-0.4, -0.2) is 7.11 Å². The molecule has 0 amide bonds. The fourth-order valence-electron chi connectivity index (χ4n) is 1.98. The predicted molar refractivity (Wildman–Crippen MR) is 76.5 cm³/mol. The first kappa shape index (κ1) is 15.2. The van der Waals surface area contributed by atoms with Gasteiger partial charge in [0.1, 0.15) is 5.75 Å². The van der Waals surface area contributed by atoms with E-state index >= 15 is 0 Å². The molecule has 112 valence electrons. The molecule has 1 atom stereocenters. The molecule has 2 rings (SSSR count). The second-order valence-electron chi connectivity index (χ2n) is 4.71. The quantitative estimate of drug-likeness (QED) is 0.867. The molecule has 2 aromatic carbocycles. The topological polar surface area (TPSA) is 21.3 Å². The zero-order valence-electron chi connectivity index (χ0n) is 11.7. The van der Waals surface area contributed by atoms with E-state index in [0.29, 0.717) is 0 Å². The molecule has 0 unspecified atom stereocenters. The van der Waals surface area contributed by atoms with Crippen molar-refractivity contribution in [2.24, 2.45) is 0 Å². The average molecular weight is 295 g/mol. The van der Waals surface area contributed by atoms with Crippen molar-refractivity contribution in [1.29, 1.82) is 0 Å². The second kappa shape index (κ2) is 6.08. The van der Waals surface area contributed by atoms with Gasteiger partial charge in [-0.3, -0.25) is 0 Å². The smallest absolute Gasteiger partial charge is 0.416 e. The van der Waals surface area contributed by atoms with Crippen molar-refractivity contribution in [3.63, 3.8) is 0 Å². The Morgan fingerprint density at radius 2 is 1.52 bits per heavy atom. The summed E-state index contributed by atoms with van der Waals surface area (Å²) in [6, 6.07) is 12.4. The lowest BCUT2D eigenvalue weighted by atomic mass is 10.1. The monoisotopic (exact) mass is 295 g/mol. The Balaban J connectivity index is 2.07. The Bertz CT molecular complexity index is 576. The summed E-state index contributed by atoms with van der Waals surface area (Å²) in [5.41, 5.74) is 1.03. The molecular weight excluding hydrogens is 279 g/mol. The molecule has 5 heteroatoms. The molecule has 0 spiro atoms. The van der Waals surface area contributed by atoms with Gasteiger partial charge in [-0.2, -0.15) is 13.2 Å². The molecule has 2 aromatic rings. The first-order valence-electron chi connectivity index (χ1n) is 6.48. The van der Waals surface area contributed by atoms with Crippen LogP contribution in [-0.2, 0) is 6.18 Å². The van der Waals surface area contributed by atoms with Gasteiger partial charge in [-0.05, 0) is 48.9 Å². The van der Waals surface area contributed by atoms with Gasteiger partial charge in [0.05, 0.1) is 12.7 Å². The second-order valence-corrected chi connectivity index (χ2v) is 4.71. The molecule has 0 aromatic heterocycles. The SMILES string of the molecule is COc1ccc(N[C@@H](C)c2ccc(C(F)(F)F)cc2)cc1. The van der Waals surface area contributed by atoms with E-state index in [1.165, 1.54) is 12.1 Å². The number of halogens is 3. The third-order valence-corrected chi connectivity index (χ3v) is 3.21. The summed E-state index contributed by atoms with van der Waals surface area (Å²) in [4.78, 5) is 0. The van der Waals surface area contributed by atoms with Crippen molar-refractivity contribution < 1.29 is 17.9 Å². The third kappa shape index (κ3) is 3.90. The largest absolute Gasteiger partial charge is 0.497 e. The lowest BCUT2D eigenvalue weighted by Gasteiger charge is -2.17. The molecule has 0 fully saturated rings. The number of hydrogen-bond acceptors (Lipinski definition) is 2. The zero-order chi connectivity index (χ0) is 15.5. The Kier molecular flexibility index (Phi) is 4.40. The van der Waals surface area contributed by atoms with E-state index in [2.05, 4.69) is 5.32 Å². The normalized spacial score (nSPS) is 12.8. The lowest BCUT2D eigenvalue weighted by molar-refractivity contribution is -0.137. The highest BCUT2D eigenvalue weighted by Crippen LogP contribution is 2.30. The van der Waals surface area contributed by atoms with Gasteiger partial charge in [0, 0.05) is 11.7 Å². The maximum Gasteiger partial charge on any atom is 0.416 e. The van der Waals surface area contributed by atoms with Crippen LogP contribution < -0.4 is 10.1 Å². The van der Waals surface area contributed by atoms with Crippen LogP contribution in [0, 0.1) is 0 Å². The molecule has 2 nitrogen and oxygen atoms in total. The summed E-state index contributed by atoms with van der Waals surface area (Å²) in [7, 11) is 1.59. The van der Waals surface area contributed by atoms with Crippen LogP contribution in [0.1, 0.15) is 24.1 Å². The fraction of sp³-hybridized carbons (Fsp3) is 0.250. The summed E-state index contributed by atoms with van der Waals surface area (Å²) in [6.07, 6.45) is -4.30. The molecule has 1 N–H and O–H groups in total. The van der Waals surface area contributed by atoms with E-state index in [-0.39, 0.29) is 6.04 Å². The van der Waals surface area contributed by atoms with E-state index in [9.17, 15) is 13.2 Å². The number of nitrogens with one attached hydrogen (secondary N) is 1. The predicted octanol–water partition coefficient (Wildman–Crippen LogP) is 4.89. The molecule has 0 bridgehead atoms. The summed E-state index contributed by atoms with van der Waals surface area (Å²) in [5.74, 6) is 0.753. The number of rotatable bonds is 4. The van der Waals surface area contributed by atoms with Gasteiger partial charge >= 0.3 is 6.18 Å². The van der Waals surface area contributed by atoms with Crippen LogP contribution >= 0.6 is 0 Å². The number of anilines is 1. The Hall–Kier alpha value is -2.17. The van der Waals surface area contributed by atoms with E-state index in [4.69, 9.17) is 4.74 Å². The Morgan fingerprint density at radius 1 is 0.952 bits per heavy atom. The summed E-state index contributed by atoms with van der Waals surface area (Å²) in [6.45, 7) is 1.90. The highest BCUT2D eigenvalue weighted by Gasteiger charge is 2.30. The van der Waals surface area contributed by atoms with Crippen molar-refractivity contribution in [3.8, 4) is 5.75 Å². The zero-order valence-corrected chi connectivity index (χ0v) is 11.7. The third-order valence-electron chi connectivity index (χ3n) is 3.21. The van der Waals surface area contributed by atoms with E-state index < -0.39 is 11.7 Å². The minimum atomic E-state index is -4.30. The van der Waals surface area contributed by atoms with Crippen molar-refractivity contribution in [1.82, 2.24) is 0 Å². The van der Waals surface area contributed by atoms with Gasteiger partial charge in [-0.25, -0.2) is 0 Å². The van der Waals surface area contributed by atoms with E-state index in [1.54, 1.807) is 7.11 Å². The van der Waals surface area contributed by atoms with Crippen LogP contribution in [0.2, 0.25) is 0 Å². The maximum absolute atomic E-state index is 12.5. The van der Waals surface area contributed by atoms with Gasteiger partial charge in [0.15, 0.2) is 0 Å². The highest BCUT2D eigenvalue weighted by atomic mass is 19.4. The van der Waals surface area contributed by atoms with E-state index in [1.807, 2.05) is 31.2 Å². The van der Waals surface area contributed by atoms with Gasteiger partial charge in [0.25, 0.3) is 0 Å². The van der Waals surface area contributed by atoms with Crippen molar-refractivity contribution in [3.05, 3.63) is 59.7 Å². The molecule has 0 aliphatic rings. The van der Waals surface area contributed by atoms with Crippen LogP contribution in [0.3, 0.4) is 0 Å². The van der Waals surface area contributed by atoms with Crippen LogP contribution in [0.15, 0.2) is 48.5 Å². The average Bonchev–Trinajstić information content (AvgIpc) is 2.47. The van der Waals surface area contributed by atoms with Gasteiger partial charge < -0.3 is 10.1 Å². The molecule has 0 aliphatic carbocycles. The first-order chi connectivity index (χ1) is 9.90. The van der Waals surface area contributed by atoms with Gasteiger partial charge in [-0.15, -0.1) is 0 Å². The minimum absolute atomic E-state index is 0.0966. The number of alkyl halides is 3. The van der Waals surface area contributed by atoms with E-state index in [0.717, 1.165) is 29.1 Å². The number of benzene rings is 2. The minimum Gasteiger partial charge on any atom is -0.497 e. The van der Waals surface area contributed by atoms with Gasteiger partial charge in [-0.1, -0.05) is 12.1 Å². The number of ether oxygens (including phenoxy) is 1. The van der Waals surface area contributed by atoms with Crippen LogP contribution in [0.4, 0.5) is 18.9 Å². The highest BCUT2D eigenvalue weighted by molar-refractivity contribution is 5.48. The standard InChI is InChI=1S/C16H16F3NO/c1-11(20-14-7-9-15(21-2)10-8-14)12-3-5-13(6-4-12)16(17,18)19/h3-11,20H,1-2H3/t11-/m0/s1. The Morgan fingerprint density at radius 3 is 2.00 bits per heavy atom. The molecule has 0 aliphatic heterocycles. The lowest BCUT2D eigenvalue weighted by Crippen LogP contribution is -2.08.